The third kappa shape index (κ3) is 1.06. The highest BCUT2D eigenvalue weighted by Crippen LogP contribution is 2.41. The molecule has 12 heavy (non-hydrogen) atoms. The average Bonchev–Trinajstić information content (AvgIpc) is 2.56. The van der Waals surface area contributed by atoms with Crippen LogP contribution in [0.1, 0.15) is 25.7 Å². The monoisotopic (exact) mass is 166 g/mol. The number of allylic oxidation sites excluding steroid dienone is 1. The molecule has 1 aliphatic carbocycles. The minimum Gasteiger partial charge on any atom is -0.462 e. The molecule has 2 fully saturated rings. The summed E-state index contributed by atoms with van der Waals surface area (Å²) >= 11 is 0. The number of hydrogen-bond acceptors (Lipinski definition) is 2. The molecule has 1 saturated heterocycles. The van der Waals surface area contributed by atoms with Crippen molar-refractivity contribution in [2.45, 2.75) is 31.8 Å². The summed E-state index contributed by atoms with van der Waals surface area (Å²) in [6, 6.07) is 0. The Labute approximate surface area is 72.6 Å². The molecule has 0 amide bonds. The second-order valence-electron chi connectivity index (χ2n) is 3.70. The molecule has 2 rings (SSSR count). The molecule has 0 spiro atoms. The fourth-order valence-corrected chi connectivity index (χ4v) is 2.42. The highest BCUT2D eigenvalue weighted by atomic mass is 16.6. The van der Waals surface area contributed by atoms with Gasteiger partial charge in [-0.3, -0.25) is 4.79 Å². The van der Waals surface area contributed by atoms with E-state index in [1.807, 2.05) is 6.08 Å². The van der Waals surface area contributed by atoms with E-state index in [1.165, 1.54) is 6.42 Å². The molecule has 0 bridgehead atoms. The van der Waals surface area contributed by atoms with E-state index in [1.54, 1.807) is 0 Å². The minimum absolute atomic E-state index is 0.00426. The molecule has 0 unspecified atom stereocenters. The standard InChI is InChI=1S/C10H14O2/c1-2-4-8-7-5-3-6-9(7)12-10(8)11/h2,7-9H,1,3-6H2/t7-,8+,9+/m1/s1. The molecule has 2 heteroatoms. The van der Waals surface area contributed by atoms with Gasteiger partial charge < -0.3 is 4.74 Å². The number of carbonyl (C=O) groups excluding carboxylic acids is 1. The predicted octanol–water partition coefficient (Wildman–Crippen LogP) is 1.90. The fraction of sp³-hybridized carbons (Fsp3) is 0.700. The molecule has 1 heterocycles. The van der Waals surface area contributed by atoms with E-state index in [2.05, 4.69) is 6.58 Å². The Hall–Kier alpha value is -0.790. The maximum atomic E-state index is 11.3. The Morgan fingerprint density at radius 3 is 3.17 bits per heavy atom. The lowest BCUT2D eigenvalue weighted by molar-refractivity contribution is -0.144. The Bertz CT molecular complexity index is 210. The van der Waals surface area contributed by atoms with Crippen molar-refractivity contribution >= 4 is 5.97 Å². The zero-order valence-electron chi connectivity index (χ0n) is 7.16. The zero-order chi connectivity index (χ0) is 8.55. The van der Waals surface area contributed by atoms with E-state index in [9.17, 15) is 4.79 Å². The topological polar surface area (TPSA) is 26.3 Å². The van der Waals surface area contributed by atoms with Gasteiger partial charge >= 0.3 is 5.97 Å². The molecule has 0 aromatic heterocycles. The van der Waals surface area contributed by atoms with Crippen LogP contribution in [0.2, 0.25) is 0 Å². The number of fused-ring (bicyclic) bond motifs is 1. The molecule has 3 atom stereocenters. The second kappa shape index (κ2) is 2.92. The summed E-state index contributed by atoms with van der Waals surface area (Å²) in [6.07, 6.45) is 6.31. The van der Waals surface area contributed by atoms with Crippen LogP contribution in [0.15, 0.2) is 12.7 Å². The van der Waals surface area contributed by atoms with Crippen molar-refractivity contribution in [2.75, 3.05) is 0 Å². The lowest BCUT2D eigenvalue weighted by Crippen LogP contribution is -2.14. The van der Waals surface area contributed by atoms with Crippen LogP contribution in [0.5, 0.6) is 0 Å². The normalized spacial score (nSPS) is 39.3. The van der Waals surface area contributed by atoms with Crippen LogP contribution in [-0.2, 0) is 9.53 Å². The van der Waals surface area contributed by atoms with Gasteiger partial charge in [0, 0.05) is 5.92 Å². The quantitative estimate of drug-likeness (QED) is 0.462. The summed E-state index contributed by atoms with van der Waals surface area (Å²) < 4.78 is 5.26. The zero-order valence-corrected chi connectivity index (χ0v) is 7.16. The van der Waals surface area contributed by atoms with Gasteiger partial charge in [0.2, 0.25) is 0 Å². The molecule has 0 N–H and O–H groups in total. The first-order valence-electron chi connectivity index (χ1n) is 4.64. The first-order valence-corrected chi connectivity index (χ1v) is 4.64. The van der Waals surface area contributed by atoms with Crippen LogP contribution in [0.4, 0.5) is 0 Å². The van der Waals surface area contributed by atoms with Gasteiger partial charge in [0.25, 0.3) is 0 Å². The van der Waals surface area contributed by atoms with Crippen molar-refractivity contribution in [1.82, 2.24) is 0 Å². The Morgan fingerprint density at radius 1 is 1.58 bits per heavy atom. The molecule has 2 aliphatic rings. The number of rotatable bonds is 2. The fourth-order valence-electron chi connectivity index (χ4n) is 2.42. The smallest absolute Gasteiger partial charge is 0.309 e. The van der Waals surface area contributed by atoms with Crippen LogP contribution in [0.25, 0.3) is 0 Å². The molecule has 2 nitrogen and oxygen atoms in total. The van der Waals surface area contributed by atoms with Crippen molar-refractivity contribution in [3.05, 3.63) is 12.7 Å². The Balaban J connectivity index is 2.10. The summed E-state index contributed by atoms with van der Waals surface area (Å²) in [6.45, 7) is 3.67. The van der Waals surface area contributed by atoms with Crippen molar-refractivity contribution < 1.29 is 9.53 Å². The number of esters is 1. The highest BCUT2D eigenvalue weighted by molar-refractivity contribution is 5.75. The molecule has 66 valence electrons. The molecule has 1 aliphatic heterocycles. The summed E-state index contributed by atoms with van der Waals surface area (Å²) in [5.41, 5.74) is 0. The van der Waals surface area contributed by atoms with Crippen molar-refractivity contribution in [3.63, 3.8) is 0 Å². The first kappa shape index (κ1) is 7.84. The van der Waals surface area contributed by atoms with E-state index in [4.69, 9.17) is 4.74 Å². The minimum atomic E-state index is 0.00426. The Morgan fingerprint density at radius 2 is 2.42 bits per heavy atom. The van der Waals surface area contributed by atoms with E-state index < -0.39 is 0 Å². The maximum absolute atomic E-state index is 11.3. The lowest BCUT2D eigenvalue weighted by Gasteiger charge is -2.09. The molecule has 1 saturated carbocycles. The van der Waals surface area contributed by atoms with Crippen LogP contribution >= 0.6 is 0 Å². The Kier molecular flexibility index (Phi) is 1.91. The first-order chi connectivity index (χ1) is 5.83. The summed E-state index contributed by atoms with van der Waals surface area (Å²) in [5, 5.41) is 0. The number of ether oxygens (including phenoxy) is 1. The van der Waals surface area contributed by atoms with Crippen molar-refractivity contribution in [1.29, 1.82) is 0 Å². The van der Waals surface area contributed by atoms with Gasteiger partial charge in [-0.1, -0.05) is 6.08 Å². The molecular formula is C10H14O2. The molecular weight excluding hydrogens is 152 g/mol. The van der Waals surface area contributed by atoms with Gasteiger partial charge in [-0.25, -0.2) is 0 Å². The third-order valence-electron chi connectivity index (χ3n) is 3.01. The molecule has 0 aromatic carbocycles. The van der Waals surface area contributed by atoms with Crippen LogP contribution in [-0.4, -0.2) is 12.1 Å². The van der Waals surface area contributed by atoms with Crippen LogP contribution < -0.4 is 0 Å². The lowest BCUT2D eigenvalue weighted by atomic mass is 9.89. The van der Waals surface area contributed by atoms with Crippen LogP contribution in [0.3, 0.4) is 0 Å². The van der Waals surface area contributed by atoms with Crippen molar-refractivity contribution in [3.8, 4) is 0 Å². The van der Waals surface area contributed by atoms with Crippen molar-refractivity contribution in [2.24, 2.45) is 11.8 Å². The number of carbonyl (C=O) groups is 1. The third-order valence-corrected chi connectivity index (χ3v) is 3.01. The maximum Gasteiger partial charge on any atom is 0.309 e. The second-order valence-corrected chi connectivity index (χ2v) is 3.70. The predicted molar refractivity (Wildman–Crippen MR) is 45.5 cm³/mol. The summed E-state index contributed by atoms with van der Waals surface area (Å²) in [5.74, 6) is 0.620. The van der Waals surface area contributed by atoms with Crippen LogP contribution in [0, 0.1) is 11.8 Å². The van der Waals surface area contributed by atoms with E-state index >= 15 is 0 Å². The summed E-state index contributed by atoms with van der Waals surface area (Å²) in [7, 11) is 0. The molecule has 0 aromatic rings. The van der Waals surface area contributed by atoms with Gasteiger partial charge in [0.15, 0.2) is 0 Å². The summed E-state index contributed by atoms with van der Waals surface area (Å²) in [4.78, 5) is 11.3. The van der Waals surface area contributed by atoms with E-state index in [-0.39, 0.29) is 18.0 Å². The van der Waals surface area contributed by atoms with Gasteiger partial charge in [0.05, 0.1) is 5.92 Å². The van der Waals surface area contributed by atoms with Gasteiger partial charge in [-0.15, -0.1) is 6.58 Å². The average molecular weight is 166 g/mol. The van der Waals surface area contributed by atoms with Gasteiger partial charge in [0.1, 0.15) is 6.10 Å². The number of hydrogen-bond donors (Lipinski definition) is 0. The van der Waals surface area contributed by atoms with E-state index in [0.717, 1.165) is 19.3 Å². The largest absolute Gasteiger partial charge is 0.462 e. The SMILES string of the molecule is C=CC[C@@H]1C(=O)O[C@H]2CCC[C@@H]21. The van der Waals surface area contributed by atoms with Gasteiger partial charge in [-0.2, -0.15) is 0 Å². The highest BCUT2D eigenvalue weighted by Gasteiger charge is 2.45. The van der Waals surface area contributed by atoms with E-state index in [0.29, 0.717) is 5.92 Å². The molecule has 0 radical (unpaired) electrons. The van der Waals surface area contributed by atoms with Gasteiger partial charge in [-0.05, 0) is 25.7 Å².